The molecule has 44 heavy (non-hydrogen) atoms. The van der Waals surface area contributed by atoms with Crippen LogP contribution < -0.4 is 5.73 Å². The summed E-state index contributed by atoms with van der Waals surface area (Å²) in [5.41, 5.74) is 6.17. The van der Waals surface area contributed by atoms with Crippen LogP contribution in [0, 0.1) is 23.7 Å². The summed E-state index contributed by atoms with van der Waals surface area (Å²) in [6.45, 7) is 10.9. The van der Waals surface area contributed by atoms with Crippen LogP contribution in [-0.2, 0) is 34.2 Å². The number of aliphatic hydroxyl groups is 1. The van der Waals surface area contributed by atoms with Crippen LogP contribution >= 0.6 is 29.0 Å². The number of ether oxygens (including phenoxy) is 2. The molecule has 2 saturated carbocycles. The van der Waals surface area contributed by atoms with Gasteiger partial charge in [-0.1, -0.05) is 11.6 Å². The van der Waals surface area contributed by atoms with Crippen molar-refractivity contribution >= 4 is 46.1 Å². The Balaban J connectivity index is 0.000000368. The lowest BCUT2D eigenvalue weighted by Crippen LogP contribution is -2.06. The molecule has 0 amide bonds. The van der Waals surface area contributed by atoms with Gasteiger partial charge in [-0.05, 0) is 40.5 Å². The van der Waals surface area contributed by atoms with Gasteiger partial charge in [-0.2, -0.15) is 9.97 Å². The highest BCUT2D eigenvalue weighted by Gasteiger charge is 2.67. The molecule has 4 atom stereocenters. The second-order valence-electron chi connectivity index (χ2n) is 9.36. The zero-order valence-corrected chi connectivity index (χ0v) is 27.5. The zero-order chi connectivity index (χ0) is 33.3. The minimum atomic E-state index is -2.79. The van der Waals surface area contributed by atoms with Crippen LogP contribution in [0.1, 0.15) is 40.5 Å². The highest BCUT2D eigenvalue weighted by atomic mass is 35.5. The highest BCUT2D eigenvalue weighted by Crippen LogP contribution is 2.58. The third kappa shape index (κ3) is 12.3. The molecule has 4 rings (SSSR count). The van der Waals surface area contributed by atoms with Crippen LogP contribution in [0.25, 0.3) is 11.2 Å². The lowest BCUT2D eigenvalue weighted by molar-refractivity contribution is 0.0695. The molecule has 252 valence electrons. The maximum atomic E-state index is 13.8. The molecule has 19 heteroatoms. The summed E-state index contributed by atoms with van der Waals surface area (Å²) in [7, 11) is -0.990. The van der Waals surface area contributed by atoms with E-state index in [2.05, 4.69) is 24.0 Å². The number of nitrogens with two attached hydrogens (primary N) is 1. The predicted molar refractivity (Wildman–Crippen MR) is 156 cm³/mol. The number of imidazole rings is 1. The molecule has 3 N–H and O–H groups in total. The Bertz CT molecular complexity index is 1130. The van der Waals surface area contributed by atoms with Gasteiger partial charge in [0.05, 0.1) is 32.1 Å². The fourth-order valence-electron chi connectivity index (χ4n) is 4.32. The van der Waals surface area contributed by atoms with Gasteiger partial charge in [-0.15, -0.1) is 0 Å². The molecule has 0 saturated heterocycles. The van der Waals surface area contributed by atoms with E-state index in [0.29, 0.717) is 11.2 Å². The van der Waals surface area contributed by atoms with E-state index in [1.165, 1.54) is 10.9 Å². The van der Waals surface area contributed by atoms with Gasteiger partial charge in [0.15, 0.2) is 10.8 Å². The average Bonchev–Trinajstić information content (AvgIpc) is 3.59. The topological polar surface area (TPSA) is 161 Å². The van der Waals surface area contributed by atoms with E-state index in [0.717, 1.165) is 26.4 Å². The fraction of sp³-hybridized carbons (Fsp3) is 0.800. The first-order chi connectivity index (χ1) is 20.9. The second-order valence-corrected chi connectivity index (χ2v) is 10.5. The molecule has 2 heterocycles. The third-order valence-corrected chi connectivity index (χ3v) is 7.56. The first-order valence-corrected chi connectivity index (χ1v) is 15.8. The summed E-state index contributed by atoms with van der Waals surface area (Å²) in [6, 6.07) is 0. The molecule has 0 aliphatic heterocycles. The van der Waals surface area contributed by atoms with Gasteiger partial charge in [-0.25, -0.2) is 31.7 Å². The fourth-order valence-corrected chi connectivity index (χ4v) is 4.90. The van der Waals surface area contributed by atoms with Gasteiger partial charge in [0.25, 0.3) is 11.8 Å². The monoisotopic (exact) mass is 695 g/mol. The van der Waals surface area contributed by atoms with Crippen LogP contribution in [0.2, 0.25) is 5.15 Å². The highest BCUT2D eigenvalue weighted by molar-refractivity contribution is 7.17. The van der Waals surface area contributed by atoms with Crippen molar-refractivity contribution in [3.8, 4) is 0 Å². The molecule has 2 aliphatic rings. The average molecular weight is 696 g/mol. The van der Waals surface area contributed by atoms with E-state index in [9.17, 15) is 26.7 Å². The van der Waals surface area contributed by atoms with Crippen molar-refractivity contribution in [1.82, 2.24) is 19.5 Å². The number of aliphatic hydroxyl groups excluding tert-OH is 1. The van der Waals surface area contributed by atoms with E-state index >= 15 is 0 Å². The molecule has 0 bridgehead atoms. The summed E-state index contributed by atoms with van der Waals surface area (Å²) >= 11 is 5.90. The van der Waals surface area contributed by atoms with Crippen molar-refractivity contribution in [2.24, 2.45) is 23.7 Å². The summed E-state index contributed by atoms with van der Waals surface area (Å²) in [5.74, 6) is -8.98. The minimum Gasteiger partial charge on any atom is -0.396 e. The van der Waals surface area contributed by atoms with E-state index in [4.69, 9.17) is 31.9 Å². The van der Waals surface area contributed by atoms with Crippen LogP contribution in [0.4, 0.5) is 23.5 Å². The van der Waals surface area contributed by atoms with Crippen molar-refractivity contribution in [3.63, 3.8) is 0 Å². The van der Waals surface area contributed by atoms with Crippen LogP contribution in [0.3, 0.4) is 0 Å². The molecule has 2 aliphatic carbocycles. The number of fused-ring (bicyclic) bond motifs is 1. The van der Waals surface area contributed by atoms with Gasteiger partial charge < -0.3 is 24.9 Å². The van der Waals surface area contributed by atoms with Gasteiger partial charge in [0.2, 0.25) is 5.95 Å². The molecular weight excluding hydrogens is 656 g/mol. The van der Waals surface area contributed by atoms with Crippen molar-refractivity contribution in [2.75, 3.05) is 52.0 Å². The van der Waals surface area contributed by atoms with Crippen molar-refractivity contribution < 1.29 is 50.3 Å². The Morgan fingerprint density at radius 3 is 1.77 bits per heavy atom. The molecule has 4 unspecified atom stereocenters. The largest absolute Gasteiger partial charge is 0.396 e. The number of hydrogen-bond acceptors (Lipinski definition) is 11. The quantitative estimate of drug-likeness (QED) is 0.0957. The normalized spacial score (nSPS) is 22.3. The molecule has 2 aromatic heterocycles. The molecule has 0 radical (unpaired) electrons. The Kier molecular flexibility index (Phi) is 18.8. The summed E-state index contributed by atoms with van der Waals surface area (Å²) in [6.07, 6.45) is 1.67. The van der Waals surface area contributed by atoms with E-state index in [-0.39, 0.29) is 43.7 Å². The number of rotatable bonds is 15. The van der Waals surface area contributed by atoms with Gasteiger partial charge in [0.1, 0.15) is 5.52 Å². The summed E-state index contributed by atoms with van der Waals surface area (Å²) in [5, 5.41) is 8.57. The Morgan fingerprint density at radius 1 is 0.886 bits per heavy atom. The molecule has 2 aromatic rings. The minimum absolute atomic E-state index is 0.0213. The number of nitrogens with zero attached hydrogens (tertiary/aromatic N) is 4. The summed E-state index contributed by atoms with van der Waals surface area (Å²) in [4.78, 5) is 11.8. The van der Waals surface area contributed by atoms with Gasteiger partial charge >= 0.3 is 17.4 Å². The van der Waals surface area contributed by atoms with Crippen molar-refractivity contribution in [1.29, 1.82) is 0 Å². The number of anilines is 1. The Hall–Kier alpha value is -1.64. The predicted octanol–water partition coefficient (Wildman–Crippen LogP) is 6.12. The van der Waals surface area contributed by atoms with E-state index in [1.54, 1.807) is 0 Å². The molecular formula is C25H40ClF4N5O7P2. The lowest BCUT2D eigenvalue weighted by Gasteiger charge is -2.03. The third-order valence-electron chi connectivity index (χ3n) is 6.72. The first-order valence-electron chi connectivity index (χ1n) is 14.0. The molecule has 0 spiro atoms. The van der Waals surface area contributed by atoms with E-state index in [1.807, 2.05) is 27.7 Å². The Labute approximate surface area is 261 Å². The van der Waals surface area contributed by atoms with Gasteiger partial charge in [0, 0.05) is 50.7 Å². The smallest absolute Gasteiger partial charge is 0.327 e. The molecule has 0 aromatic carbocycles. The number of hydrogen-bond donors (Lipinski definition) is 2. The molecule has 2 fully saturated rings. The second kappa shape index (κ2) is 20.5. The van der Waals surface area contributed by atoms with Crippen LogP contribution in [-0.4, -0.2) is 82.7 Å². The summed E-state index contributed by atoms with van der Waals surface area (Å²) < 4.78 is 92.8. The first kappa shape index (κ1) is 40.4. The van der Waals surface area contributed by atoms with E-state index < -0.39 is 59.5 Å². The molecule has 12 nitrogen and oxygen atoms in total. The van der Waals surface area contributed by atoms with Crippen LogP contribution in [0.5, 0.6) is 0 Å². The zero-order valence-electron chi connectivity index (χ0n) is 25.0. The van der Waals surface area contributed by atoms with Crippen LogP contribution in [0.15, 0.2) is 6.33 Å². The maximum Gasteiger partial charge on any atom is 0.327 e. The Morgan fingerprint density at radius 2 is 1.36 bits per heavy atom. The number of alkyl halides is 4. The van der Waals surface area contributed by atoms with Crippen molar-refractivity contribution in [3.05, 3.63) is 11.5 Å². The van der Waals surface area contributed by atoms with Crippen molar-refractivity contribution in [2.45, 2.75) is 58.9 Å². The van der Waals surface area contributed by atoms with Gasteiger partial charge in [-0.3, -0.25) is 9.05 Å². The maximum absolute atomic E-state index is 13.8. The number of halogens is 5. The number of nitrogen functional groups attached to an aromatic ring is 1. The lowest BCUT2D eigenvalue weighted by atomic mass is 10.2. The SMILES string of the molecule is CCOCC.CCOCC.Nc1nc(Cl)c2ncn(CC3C(CCOP=O)C3(F)F)c2n1.O=POCCC1C(CO)C1(F)F. The number of aromatic nitrogens is 4. The standard InChI is InChI=1S/C11H11ClF2N5O2P.C6H9F2O3P.2C4H10O/c12-8-7-9(18-10(15)17-8)19(4-16-7)3-6-5(11(6,13)14)1-2-21-22-20;7-6(8)4(5(6)3-9)1-2-11-12-10;2*1-3-5-4-2/h4-6H,1-3H2,(H2,15,17,18);4-5,9H,1-3H2;2*3-4H2,1-2H3.